The van der Waals surface area contributed by atoms with Crippen molar-refractivity contribution in [1.29, 1.82) is 0 Å². The number of nitrogens with two attached hydrogens (primary N) is 1. The minimum Gasteiger partial charge on any atom is -0.365 e. The zero-order valence-electron chi connectivity index (χ0n) is 11.8. The van der Waals surface area contributed by atoms with E-state index in [4.69, 9.17) is 5.73 Å². The van der Waals surface area contributed by atoms with Crippen LogP contribution in [0.2, 0.25) is 0 Å². The van der Waals surface area contributed by atoms with Gasteiger partial charge in [-0.05, 0) is 44.4 Å². The van der Waals surface area contributed by atoms with Crippen LogP contribution < -0.4 is 10.6 Å². The predicted molar refractivity (Wildman–Crippen MR) is 76.5 cm³/mol. The van der Waals surface area contributed by atoms with Crippen LogP contribution in [0.4, 0.5) is 5.69 Å². The second-order valence-corrected chi connectivity index (χ2v) is 5.30. The number of benzene rings is 1. The van der Waals surface area contributed by atoms with E-state index in [9.17, 15) is 0 Å². The first-order chi connectivity index (χ1) is 7.95. The number of nitrogens with zero attached hydrogens (tertiary/aromatic N) is 1. The van der Waals surface area contributed by atoms with Crippen LogP contribution in [0, 0.1) is 12.8 Å². The van der Waals surface area contributed by atoms with Crippen molar-refractivity contribution in [1.82, 2.24) is 0 Å². The Bertz CT molecular complexity index is 360. The lowest BCUT2D eigenvalue weighted by atomic mass is 9.86. The van der Waals surface area contributed by atoms with Crippen molar-refractivity contribution < 1.29 is 0 Å². The summed E-state index contributed by atoms with van der Waals surface area (Å²) in [4.78, 5) is 2.42. The van der Waals surface area contributed by atoms with Crippen molar-refractivity contribution in [2.45, 2.75) is 40.2 Å². The van der Waals surface area contributed by atoms with Crippen molar-refractivity contribution >= 4 is 5.69 Å². The van der Waals surface area contributed by atoms with Crippen molar-refractivity contribution in [3.63, 3.8) is 0 Å². The molecule has 0 saturated heterocycles. The number of rotatable bonds is 5. The van der Waals surface area contributed by atoms with Crippen LogP contribution in [0.25, 0.3) is 0 Å². The molecule has 0 heterocycles. The van der Waals surface area contributed by atoms with Crippen molar-refractivity contribution in [3.8, 4) is 0 Å². The lowest BCUT2D eigenvalue weighted by Gasteiger charge is -2.45. The van der Waals surface area contributed by atoms with Crippen LogP contribution in [-0.4, -0.2) is 18.6 Å². The smallest absolute Gasteiger partial charge is 0.0518 e. The second kappa shape index (κ2) is 5.54. The molecule has 0 aliphatic rings. The molecular weight excluding hydrogens is 208 g/mol. The van der Waals surface area contributed by atoms with Crippen LogP contribution in [-0.2, 0) is 0 Å². The molecule has 0 spiro atoms. The molecule has 2 heteroatoms. The number of likely N-dealkylation sites (N-methyl/N-ethyl adjacent to an activating group) is 1. The highest BCUT2D eigenvalue weighted by Crippen LogP contribution is 2.29. The van der Waals surface area contributed by atoms with E-state index < -0.39 is 0 Å². The molecule has 0 saturated carbocycles. The monoisotopic (exact) mass is 234 g/mol. The maximum atomic E-state index is 6.02. The Hall–Kier alpha value is -1.02. The van der Waals surface area contributed by atoms with Crippen molar-refractivity contribution in [2.75, 3.05) is 18.0 Å². The van der Waals surface area contributed by atoms with Gasteiger partial charge in [0, 0.05) is 18.8 Å². The van der Waals surface area contributed by atoms with Gasteiger partial charge in [0.05, 0.1) is 5.54 Å². The van der Waals surface area contributed by atoms with Gasteiger partial charge in [-0.2, -0.15) is 0 Å². The highest BCUT2D eigenvalue weighted by atomic mass is 15.2. The summed E-state index contributed by atoms with van der Waals surface area (Å²) < 4.78 is 0. The fraction of sp³-hybridized carbons (Fsp3) is 0.600. The molecule has 1 rings (SSSR count). The van der Waals surface area contributed by atoms with Crippen LogP contribution in [0.15, 0.2) is 24.3 Å². The third-order valence-corrected chi connectivity index (χ3v) is 3.90. The summed E-state index contributed by atoms with van der Waals surface area (Å²) >= 11 is 0. The lowest BCUT2D eigenvalue weighted by molar-refractivity contribution is 0.322. The Morgan fingerprint density at radius 2 is 2.00 bits per heavy atom. The molecule has 0 radical (unpaired) electrons. The molecule has 96 valence electrons. The van der Waals surface area contributed by atoms with Gasteiger partial charge >= 0.3 is 0 Å². The van der Waals surface area contributed by atoms with E-state index in [0.29, 0.717) is 12.5 Å². The fourth-order valence-electron chi connectivity index (χ4n) is 2.29. The van der Waals surface area contributed by atoms with E-state index in [1.54, 1.807) is 0 Å². The van der Waals surface area contributed by atoms with Gasteiger partial charge in [-0.1, -0.05) is 26.0 Å². The first-order valence-corrected chi connectivity index (χ1v) is 6.50. The first-order valence-electron chi connectivity index (χ1n) is 6.50. The normalized spacial score (nSPS) is 14.8. The average molecular weight is 234 g/mol. The van der Waals surface area contributed by atoms with E-state index in [2.05, 4.69) is 63.8 Å². The minimum absolute atomic E-state index is 0.0164. The van der Waals surface area contributed by atoms with Crippen LogP contribution in [0.3, 0.4) is 0 Å². The van der Waals surface area contributed by atoms with Gasteiger partial charge in [-0.25, -0.2) is 0 Å². The number of anilines is 1. The highest BCUT2D eigenvalue weighted by molar-refractivity contribution is 5.51. The van der Waals surface area contributed by atoms with E-state index in [1.807, 2.05) is 0 Å². The van der Waals surface area contributed by atoms with Crippen molar-refractivity contribution in [3.05, 3.63) is 29.8 Å². The maximum absolute atomic E-state index is 6.02. The molecule has 0 amide bonds. The van der Waals surface area contributed by atoms with Crippen molar-refractivity contribution in [2.24, 2.45) is 11.7 Å². The van der Waals surface area contributed by atoms with Gasteiger partial charge in [-0.3, -0.25) is 0 Å². The zero-order valence-corrected chi connectivity index (χ0v) is 11.8. The van der Waals surface area contributed by atoms with Gasteiger partial charge in [0.2, 0.25) is 0 Å². The maximum Gasteiger partial charge on any atom is 0.0518 e. The summed E-state index contributed by atoms with van der Waals surface area (Å²) in [6.07, 6.45) is 0. The Balaban J connectivity index is 3.14. The molecule has 2 N–H and O–H groups in total. The molecule has 0 bridgehead atoms. The van der Waals surface area contributed by atoms with Gasteiger partial charge < -0.3 is 10.6 Å². The van der Waals surface area contributed by atoms with Gasteiger partial charge in [0.25, 0.3) is 0 Å². The quantitative estimate of drug-likeness (QED) is 0.847. The molecule has 1 aromatic rings. The molecule has 2 nitrogen and oxygen atoms in total. The standard InChI is InChI=1S/C15H26N2/c1-6-17(15(5,11-16)12(2)3)14-9-7-8-13(4)10-14/h7-10,12H,6,11,16H2,1-5H3. The largest absolute Gasteiger partial charge is 0.365 e. The molecule has 0 fully saturated rings. The van der Waals surface area contributed by atoms with E-state index in [1.165, 1.54) is 11.3 Å². The van der Waals surface area contributed by atoms with Crippen LogP contribution in [0.5, 0.6) is 0 Å². The third kappa shape index (κ3) is 2.81. The summed E-state index contributed by atoms with van der Waals surface area (Å²) in [6, 6.07) is 8.66. The number of hydrogen-bond donors (Lipinski definition) is 1. The first kappa shape index (κ1) is 14.0. The molecule has 1 unspecified atom stereocenters. The Kier molecular flexibility index (Phi) is 4.58. The molecule has 1 aromatic carbocycles. The SMILES string of the molecule is CCN(c1cccc(C)c1)C(C)(CN)C(C)C. The zero-order chi connectivity index (χ0) is 13.1. The highest BCUT2D eigenvalue weighted by Gasteiger charge is 2.33. The fourth-order valence-corrected chi connectivity index (χ4v) is 2.29. The summed E-state index contributed by atoms with van der Waals surface area (Å²) in [7, 11) is 0. The Labute approximate surface area is 106 Å². The predicted octanol–water partition coefficient (Wildman–Crippen LogP) is 3.19. The summed E-state index contributed by atoms with van der Waals surface area (Å²) in [5, 5.41) is 0. The second-order valence-electron chi connectivity index (χ2n) is 5.30. The molecule has 0 aliphatic heterocycles. The molecule has 17 heavy (non-hydrogen) atoms. The molecule has 0 aliphatic carbocycles. The molecular formula is C15H26N2. The minimum atomic E-state index is 0.0164. The van der Waals surface area contributed by atoms with E-state index in [0.717, 1.165) is 6.54 Å². The summed E-state index contributed by atoms with van der Waals surface area (Å²) in [5.41, 5.74) is 8.60. The topological polar surface area (TPSA) is 29.3 Å². The van der Waals surface area contributed by atoms with E-state index in [-0.39, 0.29) is 5.54 Å². The van der Waals surface area contributed by atoms with Crippen LogP contribution in [0.1, 0.15) is 33.3 Å². The molecule has 1 atom stereocenters. The Morgan fingerprint density at radius 3 is 2.41 bits per heavy atom. The van der Waals surface area contributed by atoms with Gasteiger partial charge in [0.15, 0.2) is 0 Å². The van der Waals surface area contributed by atoms with Gasteiger partial charge in [0.1, 0.15) is 0 Å². The molecule has 0 aromatic heterocycles. The van der Waals surface area contributed by atoms with Crippen LogP contribution >= 0.6 is 0 Å². The summed E-state index contributed by atoms with van der Waals surface area (Å²) in [6.45, 7) is 12.7. The number of hydrogen-bond acceptors (Lipinski definition) is 2. The average Bonchev–Trinajstić information content (AvgIpc) is 2.29. The third-order valence-electron chi connectivity index (χ3n) is 3.90. The lowest BCUT2D eigenvalue weighted by Crippen LogP contribution is -2.55. The van der Waals surface area contributed by atoms with E-state index >= 15 is 0 Å². The summed E-state index contributed by atoms with van der Waals surface area (Å²) in [5.74, 6) is 0.521. The Morgan fingerprint density at radius 1 is 1.35 bits per heavy atom. The van der Waals surface area contributed by atoms with Gasteiger partial charge in [-0.15, -0.1) is 0 Å². The number of aryl methyl sites for hydroxylation is 1.